The van der Waals surface area contributed by atoms with Gasteiger partial charge in [0, 0.05) is 0 Å². The summed E-state index contributed by atoms with van der Waals surface area (Å²) in [5, 5.41) is 34.1. The lowest BCUT2D eigenvalue weighted by Crippen LogP contribution is -2.21. The monoisotopic (exact) mass is 407 g/mol. The lowest BCUT2D eigenvalue weighted by Gasteiger charge is -2.15. The molecule has 152 valence electrons. The Morgan fingerprint density at radius 3 is 1.67 bits per heavy atom. The summed E-state index contributed by atoms with van der Waals surface area (Å²) in [5.41, 5.74) is -0.672. The Labute approximate surface area is 168 Å². The van der Waals surface area contributed by atoms with E-state index in [4.69, 9.17) is 14.0 Å². The van der Waals surface area contributed by atoms with Crippen LogP contribution in [0.15, 0.2) is 60.0 Å². The molecule has 3 N–H and O–H groups in total. The van der Waals surface area contributed by atoms with Gasteiger partial charge in [0.25, 0.3) is 0 Å². The number of hydrogen-bond donors (Lipinski definition) is 3. The summed E-state index contributed by atoms with van der Waals surface area (Å²) in [4.78, 5) is 25.4. The maximum absolute atomic E-state index is 12.7. The summed E-state index contributed by atoms with van der Waals surface area (Å²) in [6.07, 6.45) is 0.845. The maximum Gasteiger partial charge on any atom is 0.344 e. The van der Waals surface area contributed by atoms with Crippen LogP contribution in [-0.4, -0.2) is 21.6 Å². The van der Waals surface area contributed by atoms with Crippen molar-refractivity contribution in [3.8, 4) is 11.5 Å². The highest BCUT2D eigenvalue weighted by molar-refractivity contribution is 5.90. The van der Waals surface area contributed by atoms with Gasteiger partial charge in [-0.3, -0.25) is 0 Å². The van der Waals surface area contributed by atoms with Gasteiger partial charge in [-0.15, -0.1) is 5.16 Å². The smallest absolute Gasteiger partial charge is 0.344 e. The topological polar surface area (TPSA) is 133 Å². The molecule has 0 atom stereocenters. The van der Waals surface area contributed by atoms with E-state index in [0.29, 0.717) is 0 Å². The highest BCUT2D eigenvalue weighted by atomic mass is 16.4. The Morgan fingerprint density at radius 2 is 1.27 bits per heavy atom. The number of aromatic hydroxyl groups is 2. The molecule has 2 heterocycles. The minimum atomic E-state index is -1.42. The fourth-order valence-corrected chi connectivity index (χ4v) is 3.52. The van der Waals surface area contributed by atoms with Crippen molar-refractivity contribution in [2.45, 2.75) is 19.8 Å². The molecule has 0 aliphatic carbocycles. The molecule has 2 aromatic heterocycles. The van der Waals surface area contributed by atoms with Gasteiger partial charge in [0.15, 0.2) is 0 Å². The summed E-state index contributed by atoms with van der Waals surface area (Å²) in [5.74, 6) is -2.32. The van der Waals surface area contributed by atoms with Crippen LogP contribution in [0.3, 0.4) is 0 Å². The average Bonchev–Trinajstić information content (AvgIpc) is 2.67. The van der Waals surface area contributed by atoms with Crippen molar-refractivity contribution in [1.82, 2.24) is 0 Å². The first-order valence-electron chi connectivity index (χ1n) is 9.02. The van der Waals surface area contributed by atoms with Crippen LogP contribution in [0, 0.1) is 13.8 Å². The number of rotatable bonds is 3. The van der Waals surface area contributed by atoms with Crippen LogP contribution in [0.1, 0.15) is 28.2 Å². The largest absolute Gasteiger partial charge is 0.507 e. The molecule has 0 saturated carbocycles. The van der Waals surface area contributed by atoms with Gasteiger partial charge in [-0.25, -0.2) is 9.59 Å². The van der Waals surface area contributed by atoms with E-state index >= 15 is 0 Å². The molecule has 0 aliphatic heterocycles. The predicted molar refractivity (Wildman–Crippen MR) is 110 cm³/mol. The zero-order valence-electron chi connectivity index (χ0n) is 16.0. The first-order chi connectivity index (χ1) is 14.3. The minimum Gasteiger partial charge on any atom is -0.507 e. The van der Waals surface area contributed by atoms with E-state index in [-0.39, 0.29) is 33.1 Å². The van der Waals surface area contributed by atoms with Crippen LogP contribution in [0.25, 0.3) is 21.9 Å². The Balaban J connectivity index is 2.06. The first-order valence-corrected chi connectivity index (χ1v) is 9.02. The maximum atomic E-state index is 12.7. The summed E-state index contributed by atoms with van der Waals surface area (Å²) >= 11 is 0. The van der Waals surface area contributed by atoms with Crippen LogP contribution < -0.4 is 11.3 Å². The van der Waals surface area contributed by atoms with E-state index in [2.05, 4.69) is 5.16 Å². The van der Waals surface area contributed by atoms with Crippen molar-refractivity contribution < 1.29 is 24.3 Å². The van der Waals surface area contributed by atoms with Gasteiger partial charge in [-0.1, -0.05) is 12.1 Å². The number of aryl methyl sites for hydroxylation is 2. The van der Waals surface area contributed by atoms with Crippen molar-refractivity contribution in [3.05, 3.63) is 79.5 Å². The SMILES string of the molecule is Cc1ccc2c(O)c(C(/C=N/O)c3c(O)c4ccc(C)cc4oc3=O)c(=O)oc2c1. The van der Waals surface area contributed by atoms with Gasteiger partial charge in [-0.2, -0.15) is 0 Å². The summed E-state index contributed by atoms with van der Waals surface area (Å²) in [6.45, 7) is 3.59. The van der Waals surface area contributed by atoms with E-state index in [1.165, 1.54) is 0 Å². The molecular formula is C22H17NO7. The molecule has 30 heavy (non-hydrogen) atoms. The normalized spacial score (nSPS) is 11.8. The van der Waals surface area contributed by atoms with E-state index < -0.39 is 28.7 Å². The molecule has 8 heteroatoms. The van der Waals surface area contributed by atoms with Crippen molar-refractivity contribution >= 4 is 28.2 Å². The van der Waals surface area contributed by atoms with E-state index in [9.17, 15) is 19.8 Å². The Morgan fingerprint density at radius 1 is 0.833 bits per heavy atom. The third-order valence-electron chi connectivity index (χ3n) is 4.98. The van der Waals surface area contributed by atoms with Crippen molar-refractivity contribution in [1.29, 1.82) is 0 Å². The third kappa shape index (κ3) is 2.98. The van der Waals surface area contributed by atoms with E-state index in [1.807, 2.05) is 0 Å². The zero-order valence-corrected chi connectivity index (χ0v) is 16.0. The first kappa shape index (κ1) is 19.3. The van der Waals surface area contributed by atoms with Crippen LogP contribution in [0.4, 0.5) is 0 Å². The minimum absolute atomic E-state index is 0.159. The molecular weight excluding hydrogens is 390 g/mol. The predicted octanol–water partition coefficient (Wildman–Crippen LogP) is 3.52. The molecule has 0 saturated heterocycles. The van der Waals surface area contributed by atoms with Crippen molar-refractivity contribution in [3.63, 3.8) is 0 Å². The van der Waals surface area contributed by atoms with Crippen molar-refractivity contribution in [2.24, 2.45) is 5.16 Å². The number of benzene rings is 2. The molecule has 8 nitrogen and oxygen atoms in total. The molecule has 0 aliphatic rings. The highest BCUT2D eigenvalue weighted by Crippen LogP contribution is 2.37. The Kier molecular flexibility index (Phi) is 4.54. The van der Waals surface area contributed by atoms with Crippen molar-refractivity contribution in [2.75, 3.05) is 0 Å². The van der Waals surface area contributed by atoms with Crippen LogP contribution in [0.5, 0.6) is 11.5 Å². The van der Waals surface area contributed by atoms with Gasteiger partial charge >= 0.3 is 11.3 Å². The van der Waals surface area contributed by atoms with Gasteiger partial charge in [0.2, 0.25) is 0 Å². The van der Waals surface area contributed by atoms with E-state index in [1.54, 1.807) is 50.2 Å². The van der Waals surface area contributed by atoms with Gasteiger partial charge in [-0.05, 0) is 49.2 Å². The summed E-state index contributed by atoms with van der Waals surface area (Å²) < 4.78 is 10.6. The fourth-order valence-electron chi connectivity index (χ4n) is 3.52. The molecule has 4 rings (SSSR count). The van der Waals surface area contributed by atoms with E-state index in [0.717, 1.165) is 17.3 Å². The molecule has 0 bridgehead atoms. The molecule has 0 fully saturated rings. The van der Waals surface area contributed by atoms with Crippen LogP contribution in [-0.2, 0) is 0 Å². The second-order valence-corrected chi connectivity index (χ2v) is 7.05. The van der Waals surface area contributed by atoms with Gasteiger partial charge in [0.1, 0.15) is 22.7 Å². The molecule has 2 aromatic carbocycles. The number of hydrogen-bond acceptors (Lipinski definition) is 8. The second-order valence-electron chi connectivity index (χ2n) is 7.05. The van der Waals surface area contributed by atoms with Gasteiger partial charge < -0.3 is 24.3 Å². The standard InChI is InChI=1S/C22H17NO7/c1-10-3-5-12-15(7-10)29-21(26)17(19(12)24)14(9-23-28)18-20(25)13-6-4-11(2)8-16(13)30-22(18)27/h3-9,14,24-25,28H,1-2H3/b23-9+. The molecule has 0 unspecified atom stereocenters. The number of nitrogens with zero attached hydrogens (tertiary/aromatic N) is 1. The molecule has 0 radical (unpaired) electrons. The lowest BCUT2D eigenvalue weighted by atomic mass is 9.91. The molecule has 4 aromatic rings. The molecule has 0 amide bonds. The third-order valence-corrected chi connectivity index (χ3v) is 4.98. The summed E-state index contributed by atoms with van der Waals surface area (Å²) in [6, 6.07) is 9.71. The van der Waals surface area contributed by atoms with Gasteiger partial charge in [0.05, 0.1) is 34.0 Å². The van der Waals surface area contributed by atoms with Crippen LogP contribution >= 0.6 is 0 Å². The molecule has 0 spiro atoms. The fraction of sp³-hybridized carbons (Fsp3) is 0.136. The second kappa shape index (κ2) is 7.07. The van der Waals surface area contributed by atoms with Crippen LogP contribution in [0.2, 0.25) is 0 Å². The zero-order chi connectivity index (χ0) is 21.6. The lowest BCUT2D eigenvalue weighted by molar-refractivity contribution is 0.320. The number of oxime groups is 1. The number of fused-ring (bicyclic) bond motifs is 2. The average molecular weight is 407 g/mol. The quantitative estimate of drug-likeness (QED) is 0.205. The summed E-state index contributed by atoms with van der Waals surface area (Å²) in [7, 11) is 0. The Bertz CT molecular complexity index is 1340. The highest BCUT2D eigenvalue weighted by Gasteiger charge is 2.30. The Hall–Kier alpha value is -4.07.